The Balaban J connectivity index is 2.06. The maximum Gasteiger partial charge on any atom is 0.263 e. The number of nitrogens with one attached hydrogen (secondary N) is 1. The first-order chi connectivity index (χ1) is 7.77. The molecule has 2 aromatic rings. The zero-order chi connectivity index (χ0) is 11.4. The Kier molecular flexibility index (Phi) is 3.34. The molecule has 3 N–H and O–H groups in total. The van der Waals surface area contributed by atoms with Gasteiger partial charge < -0.3 is 5.84 Å². The zero-order valence-corrected chi connectivity index (χ0v) is 10.4. The van der Waals surface area contributed by atoms with Crippen molar-refractivity contribution in [3.05, 3.63) is 39.7 Å². The van der Waals surface area contributed by atoms with Gasteiger partial charge in [0.2, 0.25) is 0 Å². The summed E-state index contributed by atoms with van der Waals surface area (Å²) in [5.74, 6) is 5.89. The van der Waals surface area contributed by atoms with Gasteiger partial charge in [-0.25, -0.2) is 10.1 Å². The van der Waals surface area contributed by atoms with E-state index in [1.807, 2.05) is 24.3 Å². The van der Waals surface area contributed by atoms with Crippen LogP contribution in [0.1, 0.15) is 5.56 Å². The lowest BCUT2D eigenvalue weighted by Crippen LogP contribution is -2.10. The number of hydrazone groups is 1. The van der Waals surface area contributed by atoms with E-state index in [1.54, 1.807) is 6.21 Å². The van der Waals surface area contributed by atoms with Gasteiger partial charge in [-0.2, -0.15) is 5.10 Å². The van der Waals surface area contributed by atoms with Crippen molar-refractivity contribution < 1.29 is 0 Å². The fraction of sp³-hybridized carbons (Fsp3) is 0. The lowest BCUT2D eigenvalue weighted by molar-refractivity contribution is 0.988. The predicted molar refractivity (Wildman–Crippen MR) is 70.5 cm³/mol. The van der Waals surface area contributed by atoms with Gasteiger partial charge in [0.25, 0.3) is 5.95 Å². The molecule has 7 heteroatoms. The molecule has 1 heterocycles. The van der Waals surface area contributed by atoms with E-state index in [0.717, 1.165) is 9.13 Å². The highest BCUT2D eigenvalue weighted by atomic mass is 127. The number of aromatic nitrogens is 3. The Hall–Kier alpha value is -1.64. The molecule has 82 valence electrons. The van der Waals surface area contributed by atoms with E-state index in [2.05, 4.69) is 43.3 Å². The Bertz CT molecular complexity index is 506. The molecular formula is C9H9IN6. The highest BCUT2D eigenvalue weighted by molar-refractivity contribution is 14.1. The molecule has 0 radical (unpaired) electrons. The second kappa shape index (κ2) is 4.92. The molecule has 0 amide bonds. The third-order valence-electron chi connectivity index (χ3n) is 1.85. The number of hydrogen-bond donors (Lipinski definition) is 2. The first-order valence-electron chi connectivity index (χ1n) is 4.46. The average molecular weight is 328 g/mol. The second-order valence-corrected chi connectivity index (χ2v) is 4.12. The normalized spacial score (nSPS) is 10.8. The molecule has 0 atom stereocenters. The minimum absolute atomic E-state index is 0.391. The minimum atomic E-state index is 0.391. The fourth-order valence-corrected chi connectivity index (χ4v) is 1.59. The number of rotatable bonds is 3. The molecule has 0 saturated carbocycles. The van der Waals surface area contributed by atoms with E-state index < -0.39 is 0 Å². The number of nitrogens with two attached hydrogens (primary N) is 1. The second-order valence-electron chi connectivity index (χ2n) is 2.95. The Labute approximate surface area is 106 Å². The summed E-state index contributed by atoms with van der Waals surface area (Å²) in [7, 11) is 0. The maximum absolute atomic E-state index is 5.50. The first kappa shape index (κ1) is 10.9. The van der Waals surface area contributed by atoms with E-state index in [1.165, 1.54) is 11.0 Å². The van der Waals surface area contributed by atoms with Crippen LogP contribution < -0.4 is 11.3 Å². The van der Waals surface area contributed by atoms with Gasteiger partial charge in [-0.05, 0) is 28.7 Å². The number of nitrogen functional groups attached to an aromatic ring is 1. The van der Waals surface area contributed by atoms with Crippen LogP contribution in [0.2, 0.25) is 0 Å². The van der Waals surface area contributed by atoms with Crippen LogP contribution in [-0.4, -0.2) is 21.1 Å². The van der Waals surface area contributed by atoms with Gasteiger partial charge in [-0.15, -0.1) is 10.2 Å². The summed E-state index contributed by atoms with van der Waals surface area (Å²) in [6, 6.07) is 7.91. The first-order valence-corrected chi connectivity index (χ1v) is 5.54. The highest BCUT2D eigenvalue weighted by Crippen LogP contribution is 2.08. The quantitative estimate of drug-likeness (QED) is 0.382. The Morgan fingerprint density at radius 2 is 2.25 bits per heavy atom. The van der Waals surface area contributed by atoms with Crippen molar-refractivity contribution in [3.63, 3.8) is 0 Å². The molecule has 0 aliphatic carbocycles. The van der Waals surface area contributed by atoms with Crippen LogP contribution in [0.3, 0.4) is 0 Å². The number of halogens is 1. The molecule has 0 aliphatic rings. The molecule has 2 rings (SSSR count). The molecule has 0 bridgehead atoms. The molecule has 0 saturated heterocycles. The van der Waals surface area contributed by atoms with E-state index in [4.69, 9.17) is 5.84 Å². The van der Waals surface area contributed by atoms with Crippen LogP contribution in [0, 0.1) is 3.57 Å². The largest absolute Gasteiger partial charge is 0.335 e. The van der Waals surface area contributed by atoms with Crippen molar-refractivity contribution in [2.45, 2.75) is 0 Å². The van der Waals surface area contributed by atoms with Crippen molar-refractivity contribution in [1.29, 1.82) is 0 Å². The molecule has 6 nitrogen and oxygen atoms in total. The molecule has 1 aromatic carbocycles. The average Bonchev–Trinajstić information content (AvgIpc) is 2.67. The summed E-state index contributed by atoms with van der Waals surface area (Å²) < 4.78 is 2.38. The Morgan fingerprint density at radius 3 is 2.94 bits per heavy atom. The third kappa shape index (κ3) is 2.48. The van der Waals surface area contributed by atoms with Crippen LogP contribution in [0.15, 0.2) is 35.7 Å². The summed E-state index contributed by atoms with van der Waals surface area (Å²) in [5, 5.41) is 11.4. The number of anilines is 1. The van der Waals surface area contributed by atoms with E-state index in [0.29, 0.717) is 5.95 Å². The lowest BCUT2D eigenvalue weighted by Gasteiger charge is -1.98. The molecule has 16 heavy (non-hydrogen) atoms. The Morgan fingerprint density at radius 1 is 1.44 bits per heavy atom. The predicted octanol–water partition coefficient (Wildman–Crippen LogP) is 1.04. The van der Waals surface area contributed by atoms with Crippen LogP contribution in [0.25, 0.3) is 0 Å². The number of benzene rings is 1. The summed E-state index contributed by atoms with van der Waals surface area (Å²) >= 11 is 2.24. The van der Waals surface area contributed by atoms with Gasteiger partial charge in [0.1, 0.15) is 6.33 Å². The summed E-state index contributed by atoms with van der Waals surface area (Å²) in [6.07, 6.45) is 3.10. The maximum atomic E-state index is 5.50. The van der Waals surface area contributed by atoms with Crippen molar-refractivity contribution in [2.24, 2.45) is 5.10 Å². The number of nitrogens with zero attached hydrogens (tertiary/aromatic N) is 4. The monoisotopic (exact) mass is 328 g/mol. The summed E-state index contributed by atoms with van der Waals surface area (Å²) in [6.45, 7) is 0. The third-order valence-corrected chi connectivity index (χ3v) is 2.83. The van der Waals surface area contributed by atoms with Gasteiger partial charge >= 0.3 is 0 Å². The van der Waals surface area contributed by atoms with Crippen molar-refractivity contribution >= 4 is 34.8 Å². The minimum Gasteiger partial charge on any atom is -0.335 e. The van der Waals surface area contributed by atoms with Crippen LogP contribution in [0.5, 0.6) is 0 Å². The molecule has 0 aliphatic heterocycles. The van der Waals surface area contributed by atoms with E-state index in [9.17, 15) is 0 Å². The van der Waals surface area contributed by atoms with Crippen LogP contribution >= 0.6 is 22.6 Å². The summed E-state index contributed by atoms with van der Waals surface area (Å²) in [4.78, 5) is 0. The van der Waals surface area contributed by atoms with E-state index >= 15 is 0 Å². The molecule has 0 spiro atoms. The standard InChI is InChI=1S/C9H9IN6/c10-8-4-2-1-3-7(8)5-12-14-9-15-13-6-16(9)11/h1-6H,11H2,(H,14,15)/b12-5-. The topological polar surface area (TPSA) is 81.1 Å². The lowest BCUT2D eigenvalue weighted by atomic mass is 10.2. The molecule has 1 aromatic heterocycles. The van der Waals surface area contributed by atoms with Crippen LogP contribution in [-0.2, 0) is 0 Å². The molecule has 0 unspecified atom stereocenters. The SMILES string of the molecule is Nn1cnnc1N/N=C\c1ccccc1I. The van der Waals surface area contributed by atoms with Crippen LogP contribution in [0.4, 0.5) is 5.95 Å². The fourth-order valence-electron chi connectivity index (χ4n) is 1.06. The molecule has 0 fully saturated rings. The summed E-state index contributed by atoms with van der Waals surface area (Å²) in [5.41, 5.74) is 3.73. The zero-order valence-electron chi connectivity index (χ0n) is 8.21. The molecular weight excluding hydrogens is 319 g/mol. The van der Waals surface area contributed by atoms with Gasteiger partial charge in [0.05, 0.1) is 6.21 Å². The smallest absolute Gasteiger partial charge is 0.263 e. The van der Waals surface area contributed by atoms with E-state index in [-0.39, 0.29) is 0 Å². The van der Waals surface area contributed by atoms with Gasteiger partial charge in [-0.3, -0.25) is 0 Å². The van der Waals surface area contributed by atoms with Crippen molar-refractivity contribution in [3.8, 4) is 0 Å². The van der Waals surface area contributed by atoms with Gasteiger partial charge in [-0.1, -0.05) is 18.2 Å². The van der Waals surface area contributed by atoms with Gasteiger partial charge in [0, 0.05) is 9.13 Å². The van der Waals surface area contributed by atoms with Crippen molar-refractivity contribution in [1.82, 2.24) is 14.9 Å². The number of hydrogen-bond acceptors (Lipinski definition) is 5. The highest BCUT2D eigenvalue weighted by Gasteiger charge is 1.97. The van der Waals surface area contributed by atoms with Gasteiger partial charge in [0.15, 0.2) is 0 Å². The van der Waals surface area contributed by atoms with Crippen molar-refractivity contribution in [2.75, 3.05) is 11.3 Å².